The lowest BCUT2D eigenvalue weighted by Gasteiger charge is -2.41. The van der Waals surface area contributed by atoms with E-state index in [1.165, 1.54) is 23.1 Å². The molecule has 1 N–H and O–H groups in total. The largest absolute Gasteiger partial charge is 0.480 e. The number of carbonyl (C=O) groups excluding carboxylic acids is 1. The van der Waals surface area contributed by atoms with Crippen LogP contribution in [0.2, 0.25) is 0 Å². The highest BCUT2D eigenvalue weighted by atomic mass is 19.1. The van der Waals surface area contributed by atoms with Crippen molar-refractivity contribution in [1.82, 2.24) is 4.90 Å². The molecule has 6 heteroatoms. The van der Waals surface area contributed by atoms with Gasteiger partial charge >= 0.3 is 5.97 Å². The molecule has 0 bridgehead atoms. The van der Waals surface area contributed by atoms with Crippen molar-refractivity contribution in [3.8, 4) is 0 Å². The van der Waals surface area contributed by atoms with E-state index in [0.717, 1.165) is 25.3 Å². The van der Waals surface area contributed by atoms with Crippen LogP contribution in [0.25, 0.3) is 0 Å². The van der Waals surface area contributed by atoms with Crippen molar-refractivity contribution in [2.24, 2.45) is 0 Å². The van der Waals surface area contributed by atoms with Crippen molar-refractivity contribution >= 4 is 11.9 Å². The van der Waals surface area contributed by atoms with E-state index in [-0.39, 0.29) is 12.2 Å². The highest BCUT2D eigenvalue weighted by molar-refractivity contribution is 5.97. The van der Waals surface area contributed by atoms with Crippen LogP contribution in [-0.2, 0) is 9.53 Å². The fourth-order valence-electron chi connectivity index (χ4n) is 3.42. The number of aliphatic carboxylic acids is 1. The maximum Gasteiger partial charge on any atom is 0.328 e. The number of hydrogen-bond acceptors (Lipinski definition) is 3. The maximum atomic E-state index is 13.4. The molecule has 1 aromatic rings. The topological polar surface area (TPSA) is 66.8 Å². The zero-order chi connectivity index (χ0) is 15.7. The summed E-state index contributed by atoms with van der Waals surface area (Å²) in [5.74, 6) is -2.09. The summed E-state index contributed by atoms with van der Waals surface area (Å²) in [4.78, 5) is 25.6. The number of rotatable bonds is 2. The average molecular weight is 307 g/mol. The van der Waals surface area contributed by atoms with Crippen molar-refractivity contribution in [2.75, 3.05) is 6.61 Å². The molecule has 0 unspecified atom stereocenters. The molecule has 1 amide bonds. The molecule has 22 heavy (non-hydrogen) atoms. The minimum atomic E-state index is -1.09. The molecule has 1 aliphatic carbocycles. The van der Waals surface area contributed by atoms with E-state index >= 15 is 0 Å². The molecule has 1 saturated carbocycles. The molecule has 1 aromatic carbocycles. The van der Waals surface area contributed by atoms with Gasteiger partial charge in [0, 0.05) is 5.56 Å². The normalized spacial score (nSPS) is 23.7. The summed E-state index contributed by atoms with van der Waals surface area (Å²) in [6.45, 7) is -0.0175. The van der Waals surface area contributed by atoms with Gasteiger partial charge in [-0.3, -0.25) is 9.69 Å². The lowest BCUT2D eigenvalue weighted by atomic mass is 9.89. The number of nitrogens with zero attached hydrogens (tertiary/aromatic N) is 1. The Hall–Kier alpha value is -1.95. The SMILES string of the molecule is O=C(O)[C@@H]1COC2(CCCCC2)N1C(=O)c1cccc(F)c1. The van der Waals surface area contributed by atoms with E-state index in [9.17, 15) is 19.1 Å². The van der Waals surface area contributed by atoms with Crippen LogP contribution in [0.15, 0.2) is 24.3 Å². The third-order valence-corrected chi connectivity index (χ3v) is 4.47. The first-order valence-corrected chi connectivity index (χ1v) is 7.49. The van der Waals surface area contributed by atoms with Crippen LogP contribution in [0, 0.1) is 5.82 Å². The number of ether oxygens (including phenoxy) is 1. The van der Waals surface area contributed by atoms with Gasteiger partial charge in [0.1, 0.15) is 11.5 Å². The Morgan fingerprint density at radius 1 is 1.27 bits per heavy atom. The van der Waals surface area contributed by atoms with Crippen LogP contribution < -0.4 is 0 Å². The van der Waals surface area contributed by atoms with Crippen molar-refractivity contribution in [3.63, 3.8) is 0 Å². The van der Waals surface area contributed by atoms with E-state index < -0.39 is 29.5 Å². The number of amides is 1. The molecule has 118 valence electrons. The van der Waals surface area contributed by atoms with E-state index in [0.29, 0.717) is 12.8 Å². The predicted octanol–water partition coefficient (Wildman–Crippen LogP) is 2.41. The highest BCUT2D eigenvalue weighted by Gasteiger charge is 2.53. The van der Waals surface area contributed by atoms with Gasteiger partial charge in [0.25, 0.3) is 5.91 Å². The van der Waals surface area contributed by atoms with Gasteiger partial charge in [-0.1, -0.05) is 12.5 Å². The lowest BCUT2D eigenvalue weighted by molar-refractivity contribution is -0.143. The van der Waals surface area contributed by atoms with Crippen LogP contribution in [0.4, 0.5) is 4.39 Å². The average Bonchev–Trinajstić information content (AvgIpc) is 2.86. The minimum Gasteiger partial charge on any atom is -0.480 e. The number of carboxylic acids is 1. The maximum absolute atomic E-state index is 13.4. The van der Waals surface area contributed by atoms with Crippen LogP contribution in [-0.4, -0.2) is 40.3 Å². The van der Waals surface area contributed by atoms with Crippen LogP contribution in [0.3, 0.4) is 0 Å². The zero-order valence-corrected chi connectivity index (χ0v) is 12.1. The van der Waals surface area contributed by atoms with Gasteiger partial charge in [0.05, 0.1) is 6.61 Å². The van der Waals surface area contributed by atoms with E-state index in [4.69, 9.17) is 4.74 Å². The second kappa shape index (κ2) is 5.68. The molecular formula is C16H18FNO4. The van der Waals surface area contributed by atoms with Gasteiger partial charge < -0.3 is 9.84 Å². The van der Waals surface area contributed by atoms with Crippen LogP contribution in [0.5, 0.6) is 0 Å². The fourth-order valence-corrected chi connectivity index (χ4v) is 3.42. The van der Waals surface area contributed by atoms with E-state index in [2.05, 4.69) is 0 Å². The van der Waals surface area contributed by atoms with Gasteiger partial charge in [-0.2, -0.15) is 0 Å². The molecular weight excluding hydrogens is 289 g/mol. The summed E-state index contributed by atoms with van der Waals surface area (Å²) in [5, 5.41) is 9.40. The Labute approximate surface area is 127 Å². The van der Waals surface area contributed by atoms with Crippen molar-refractivity contribution in [2.45, 2.75) is 43.9 Å². The van der Waals surface area contributed by atoms with Gasteiger partial charge in [0.15, 0.2) is 6.04 Å². The van der Waals surface area contributed by atoms with Crippen LogP contribution in [0.1, 0.15) is 42.5 Å². The molecule has 1 atom stereocenters. The van der Waals surface area contributed by atoms with E-state index in [1.54, 1.807) is 0 Å². The Kier molecular flexibility index (Phi) is 3.87. The summed E-state index contributed by atoms with van der Waals surface area (Å²) < 4.78 is 19.2. The number of hydrogen-bond donors (Lipinski definition) is 1. The molecule has 0 aromatic heterocycles. The molecule has 2 aliphatic rings. The first kappa shape index (κ1) is 15.0. The third kappa shape index (κ3) is 2.47. The molecule has 1 spiro atoms. The Bertz CT molecular complexity index is 598. The fraction of sp³-hybridized carbons (Fsp3) is 0.500. The van der Waals surface area contributed by atoms with Gasteiger partial charge in [-0.05, 0) is 43.9 Å². The summed E-state index contributed by atoms with van der Waals surface area (Å²) in [6.07, 6.45) is 4.07. The van der Waals surface area contributed by atoms with Gasteiger partial charge in [-0.15, -0.1) is 0 Å². The standard InChI is InChI=1S/C16H18FNO4/c17-12-6-4-5-11(9-12)14(19)18-13(15(20)21)10-22-16(18)7-2-1-3-8-16/h4-6,9,13H,1-3,7-8,10H2,(H,20,21)/t13-/m0/s1. The number of carbonyl (C=O) groups is 2. The van der Waals surface area contributed by atoms with Crippen molar-refractivity contribution in [3.05, 3.63) is 35.6 Å². The first-order valence-electron chi connectivity index (χ1n) is 7.49. The van der Waals surface area contributed by atoms with E-state index in [1.807, 2.05) is 0 Å². The molecule has 5 nitrogen and oxygen atoms in total. The first-order chi connectivity index (χ1) is 10.5. The minimum absolute atomic E-state index is 0.0175. The molecule has 1 aliphatic heterocycles. The van der Waals surface area contributed by atoms with Crippen molar-refractivity contribution in [1.29, 1.82) is 0 Å². The number of carboxylic acid groups (broad SMARTS) is 1. The van der Waals surface area contributed by atoms with Gasteiger partial charge in [0.2, 0.25) is 0 Å². The predicted molar refractivity (Wildman–Crippen MR) is 75.8 cm³/mol. The third-order valence-electron chi connectivity index (χ3n) is 4.47. The molecule has 2 fully saturated rings. The summed E-state index contributed by atoms with van der Waals surface area (Å²) >= 11 is 0. The molecule has 1 heterocycles. The number of benzene rings is 1. The zero-order valence-electron chi connectivity index (χ0n) is 12.1. The Morgan fingerprint density at radius 2 is 2.00 bits per heavy atom. The summed E-state index contributed by atoms with van der Waals surface area (Å²) in [6, 6.07) is 4.31. The second-order valence-corrected chi connectivity index (χ2v) is 5.86. The smallest absolute Gasteiger partial charge is 0.328 e. The molecule has 3 rings (SSSR count). The Morgan fingerprint density at radius 3 is 2.64 bits per heavy atom. The molecule has 1 saturated heterocycles. The quantitative estimate of drug-likeness (QED) is 0.911. The summed E-state index contributed by atoms with van der Waals surface area (Å²) in [5.41, 5.74) is -0.702. The second-order valence-electron chi connectivity index (χ2n) is 5.86. The monoisotopic (exact) mass is 307 g/mol. The van der Waals surface area contributed by atoms with Crippen LogP contribution >= 0.6 is 0 Å². The lowest BCUT2D eigenvalue weighted by Crippen LogP contribution is -2.54. The van der Waals surface area contributed by atoms with Crippen molar-refractivity contribution < 1.29 is 23.8 Å². The number of halogens is 1. The summed E-state index contributed by atoms with van der Waals surface area (Å²) in [7, 11) is 0. The molecule has 0 radical (unpaired) electrons. The van der Waals surface area contributed by atoms with Gasteiger partial charge in [-0.25, -0.2) is 9.18 Å². The highest BCUT2D eigenvalue weighted by Crippen LogP contribution is 2.41. The Balaban J connectivity index is 1.97.